The third kappa shape index (κ3) is 4.39. The van der Waals surface area contributed by atoms with Crippen molar-refractivity contribution in [2.75, 3.05) is 25.5 Å². The summed E-state index contributed by atoms with van der Waals surface area (Å²) in [5, 5.41) is 6.98. The Kier molecular flexibility index (Phi) is 5.85. The van der Waals surface area contributed by atoms with E-state index in [2.05, 4.69) is 20.4 Å². The number of amides is 1. The van der Waals surface area contributed by atoms with Crippen molar-refractivity contribution in [3.05, 3.63) is 35.6 Å². The smallest absolute Gasteiger partial charge is 0.292 e. The van der Waals surface area contributed by atoms with Crippen LogP contribution in [0.3, 0.4) is 0 Å². The average Bonchev–Trinajstić information content (AvgIpc) is 3.04. The second-order valence-corrected chi connectivity index (χ2v) is 7.21. The maximum atomic E-state index is 12.7. The lowest BCUT2D eigenvalue weighted by molar-refractivity contribution is 0.0718. The number of hydrogen-bond donors (Lipinski definition) is 1. The van der Waals surface area contributed by atoms with Gasteiger partial charge in [0, 0.05) is 26.2 Å². The third-order valence-electron chi connectivity index (χ3n) is 4.92. The standard InChI is InChI=1S/C19H27N5O2/c1-13(2)16-10-17(26-23-16)19(25)24-7-4-5-14(6-8-24)9-15-11-22-18(20-3)12-21-15/h10-14H,4-9H2,1-3H3,(H,20,22)/t14-/m0/s1. The average molecular weight is 357 g/mol. The number of likely N-dealkylation sites (tertiary alicyclic amines) is 1. The van der Waals surface area contributed by atoms with E-state index in [0.717, 1.165) is 56.0 Å². The molecule has 0 saturated carbocycles. The maximum Gasteiger partial charge on any atom is 0.292 e. The Morgan fingerprint density at radius 3 is 2.81 bits per heavy atom. The van der Waals surface area contributed by atoms with Crippen LogP contribution in [0.1, 0.15) is 61.0 Å². The third-order valence-corrected chi connectivity index (χ3v) is 4.92. The molecule has 3 rings (SSSR count). The van der Waals surface area contributed by atoms with Crippen molar-refractivity contribution in [3.63, 3.8) is 0 Å². The number of rotatable bonds is 5. The van der Waals surface area contributed by atoms with Crippen LogP contribution >= 0.6 is 0 Å². The lowest BCUT2D eigenvalue weighted by Gasteiger charge is -2.19. The van der Waals surface area contributed by atoms with Gasteiger partial charge in [-0.2, -0.15) is 0 Å². The molecule has 0 unspecified atom stereocenters. The number of nitrogens with zero attached hydrogens (tertiary/aromatic N) is 4. The second kappa shape index (κ2) is 8.29. The number of nitrogens with one attached hydrogen (secondary N) is 1. The SMILES string of the molecule is CNc1cnc(C[C@H]2CCCN(C(=O)c3cc(C(C)C)no3)CC2)cn1. The van der Waals surface area contributed by atoms with Gasteiger partial charge in [-0.3, -0.25) is 9.78 Å². The highest BCUT2D eigenvalue weighted by Gasteiger charge is 2.25. The predicted molar refractivity (Wildman–Crippen MR) is 99.1 cm³/mol. The molecule has 1 N–H and O–H groups in total. The van der Waals surface area contributed by atoms with Crippen molar-refractivity contribution >= 4 is 11.7 Å². The van der Waals surface area contributed by atoms with Crippen LogP contribution in [-0.4, -0.2) is 46.1 Å². The van der Waals surface area contributed by atoms with Gasteiger partial charge >= 0.3 is 0 Å². The van der Waals surface area contributed by atoms with Gasteiger partial charge < -0.3 is 14.7 Å². The highest BCUT2D eigenvalue weighted by atomic mass is 16.5. The van der Waals surface area contributed by atoms with E-state index in [1.165, 1.54) is 0 Å². The summed E-state index contributed by atoms with van der Waals surface area (Å²) in [5.74, 6) is 1.84. The van der Waals surface area contributed by atoms with Gasteiger partial charge in [0.15, 0.2) is 0 Å². The lowest BCUT2D eigenvalue weighted by Crippen LogP contribution is -2.31. The minimum absolute atomic E-state index is 0.0526. The maximum absolute atomic E-state index is 12.7. The molecule has 2 aromatic heterocycles. The van der Waals surface area contributed by atoms with Crippen LogP contribution in [0, 0.1) is 5.92 Å². The van der Waals surface area contributed by atoms with Crippen LogP contribution in [0.4, 0.5) is 5.82 Å². The molecule has 3 heterocycles. The zero-order chi connectivity index (χ0) is 18.5. The number of anilines is 1. The molecule has 1 amide bonds. The summed E-state index contributed by atoms with van der Waals surface area (Å²) < 4.78 is 5.26. The van der Waals surface area contributed by atoms with Crippen molar-refractivity contribution < 1.29 is 9.32 Å². The van der Waals surface area contributed by atoms with Crippen molar-refractivity contribution in [1.29, 1.82) is 0 Å². The molecule has 1 fully saturated rings. The Morgan fingerprint density at radius 2 is 2.15 bits per heavy atom. The molecule has 26 heavy (non-hydrogen) atoms. The summed E-state index contributed by atoms with van der Waals surface area (Å²) in [6.45, 7) is 5.57. The fraction of sp³-hybridized carbons (Fsp3) is 0.579. The van der Waals surface area contributed by atoms with E-state index in [0.29, 0.717) is 11.7 Å². The molecule has 0 bridgehead atoms. The Balaban J connectivity index is 1.57. The molecule has 1 aliphatic rings. The first-order chi connectivity index (χ1) is 12.6. The van der Waals surface area contributed by atoms with Crippen LogP contribution in [0.5, 0.6) is 0 Å². The molecule has 1 atom stereocenters. The number of aromatic nitrogens is 3. The Morgan fingerprint density at radius 1 is 1.31 bits per heavy atom. The van der Waals surface area contributed by atoms with E-state index in [4.69, 9.17) is 4.52 Å². The number of hydrogen-bond acceptors (Lipinski definition) is 6. The highest BCUT2D eigenvalue weighted by Crippen LogP contribution is 2.23. The fourth-order valence-corrected chi connectivity index (χ4v) is 3.28. The summed E-state index contributed by atoms with van der Waals surface area (Å²) in [7, 11) is 1.83. The molecule has 0 radical (unpaired) electrons. The molecule has 0 spiro atoms. The van der Waals surface area contributed by atoms with Gasteiger partial charge in [-0.1, -0.05) is 19.0 Å². The minimum Gasteiger partial charge on any atom is -0.372 e. The summed E-state index contributed by atoms with van der Waals surface area (Å²) in [6, 6.07) is 1.77. The summed E-state index contributed by atoms with van der Waals surface area (Å²) >= 11 is 0. The van der Waals surface area contributed by atoms with Gasteiger partial charge in [0.25, 0.3) is 5.91 Å². The van der Waals surface area contributed by atoms with E-state index >= 15 is 0 Å². The fourth-order valence-electron chi connectivity index (χ4n) is 3.28. The van der Waals surface area contributed by atoms with Gasteiger partial charge in [0.1, 0.15) is 5.82 Å². The van der Waals surface area contributed by atoms with Gasteiger partial charge in [0.2, 0.25) is 5.76 Å². The summed E-state index contributed by atoms with van der Waals surface area (Å²) in [6.07, 6.45) is 7.54. The van der Waals surface area contributed by atoms with E-state index in [1.54, 1.807) is 12.3 Å². The Labute approximate surface area is 154 Å². The monoisotopic (exact) mass is 357 g/mol. The molecule has 7 heteroatoms. The topological polar surface area (TPSA) is 84.2 Å². The van der Waals surface area contributed by atoms with Crippen molar-refractivity contribution in [1.82, 2.24) is 20.0 Å². The largest absolute Gasteiger partial charge is 0.372 e. The highest BCUT2D eigenvalue weighted by molar-refractivity contribution is 5.91. The van der Waals surface area contributed by atoms with E-state index in [-0.39, 0.29) is 11.8 Å². The lowest BCUT2D eigenvalue weighted by atomic mass is 9.95. The molecule has 0 aliphatic carbocycles. The Bertz CT molecular complexity index is 726. The van der Waals surface area contributed by atoms with Gasteiger partial charge in [-0.05, 0) is 37.5 Å². The number of carbonyl (C=O) groups excluding carboxylic acids is 1. The molecular formula is C19H27N5O2. The van der Waals surface area contributed by atoms with Crippen LogP contribution < -0.4 is 5.32 Å². The first-order valence-electron chi connectivity index (χ1n) is 9.31. The molecular weight excluding hydrogens is 330 g/mol. The molecule has 1 aliphatic heterocycles. The van der Waals surface area contributed by atoms with Crippen molar-refractivity contribution in [3.8, 4) is 0 Å². The molecule has 140 valence electrons. The number of carbonyl (C=O) groups is 1. The van der Waals surface area contributed by atoms with Crippen molar-refractivity contribution in [2.24, 2.45) is 5.92 Å². The van der Waals surface area contributed by atoms with Crippen LogP contribution in [0.2, 0.25) is 0 Å². The molecule has 7 nitrogen and oxygen atoms in total. The predicted octanol–water partition coefficient (Wildman–Crippen LogP) is 3.11. The van der Waals surface area contributed by atoms with E-state index in [1.807, 2.05) is 32.0 Å². The van der Waals surface area contributed by atoms with Crippen LogP contribution in [0.25, 0.3) is 0 Å². The molecule has 1 saturated heterocycles. The van der Waals surface area contributed by atoms with Gasteiger partial charge in [-0.25, -0.2) is 4.98 Å². The quantitative estimate of drug-likeness (QED) is 0.885. The molecule has 2 aromatic rings. The summed E-state index contributed by atoms with van der Waals surface area (Å²) in [5.41, 5.74) is 1.83. The minimum atomic E-state index is -0.0526. The van der Waals surface area contributed by atoms with E-state index in [9.17, 15) is 4.79 Å². The second-order valence-electron chi connectivity index (χ2n) is 7.21. The van der Waals surface area contributed by atoms with Gasteiger partial charge in [-0.15, -0.1) is 0 Å². The first-order valence-corrected chi connectivity index (χ1v) is 9.31. The Hall–Kier alpha value is -2.44. The van der Waals surface area contributed by atoms with Crippen LogP contribution in [-0.2, 0) is 6.42 Å². The van der Waals surface area contributed by atoms with Crippen LogP contribution in [0.15, 0.2) is 23.0 Å². The molecule has 0 aromatic carbocycles. The van der Waals surface area contributed by atoms with Gasteiger partial charge in [0.05, 0.1) is 23.8 Å². The first kappa shape index (κ1) is 18.4. The normalized spacial score (nSPS) is 18.0. The zero-order valence-corrected chi connectivity index (χ0v) is 15.7. The summed E-state index contributed by atoms with van der Waals surface area (Å²) in [4.78, 5) is 23.4. The van der Waals surface area contributed by atoms with E-state index < -0.39 is 0 Å². The van der Waals surface area contributed by atoms with Crippen molar-refractivity contribution in [2.45, 2.75) is 45.4 Å². The zero-order valence-electron chi connectivity index (χ0n) is 15.7.